The van der Waals surface area contributed by atoms with Crippen LogP contribution in [0.25, 0.3) is 10.6 Å². The predicted octanol–water partition coefficient (Wildman–Crippen LogP) is 3.98. The van der Waals surface area contributed by atoms with Gasteiger partial charge in [0.05, 0.1) is 24.9 Å². The Labute approximate surface area is 167 Å². The van der Waals surface area contributed by atoms with Gasteiger partial charge in [-0.15, -0.1) is 11.3 Å². The first kappa shape index (κ1) is 18.6. The molecule has 0 N–H and O–H groups in total. The van der Waals surface area contributed by atoms with Gasteiger partial charge in [0.15, 0.2) is 0 Å². The molecule has 5 nitrogen and oxygen atoms in total. The third-order valence-corrected chi connectivity index (χ3v) is 6.73. The van der Waals surface area contributed by atoms with Gasteiger partial charge in [-0.05, 0) is 31.9 Å². The molecular formula is C20H21ClN2O3S. The second-order valence-electron chi connectivity index (χ2n) is 7.05. The van der Waals surface area contributed by atoms with Crippen LogP contribution in [0.1, 0.15) is 34.6 Å². The summed E-state index contributed by atoms with van der Waals surface area (Å²) in [4.78, 5) is 32.6. The number of morpholine rings is 1. The molecule has 27 heavy (non-hydrogen) atoms. The van der Waals surface area contributed by atoms with E-state index in [0.29, 0.717) is 41.8 Å². The van der Waals surface area contributed by atoms with E-state index in [-0.39, 0.29) is 23.7 Å². The first-order chi connectivity index (χ1) is 13.0. The van der Waals surface area contributed by atoms with Crippen molar-refractivity contribution in [3.05, 3.63) is 39.9 Å². The van der Waals surface area contributed by atoms with E-state index in [1.165, 1.54) is 11.3 Å². The molecule has 1 aromatic carbocycles. The number of thiazole rings is 1. The number of hydrogen-bond acceptors (Lipinski definition) is 5. The van der Waals surface area contributed by atoms with Crippen LogP contribution in [0.2, 0.25) is 5.02 Å². The number of carbonyl (C=O) groups is 2. The Bertz CT molecular complexity index is 882. The van der Waals surface area contributed by atoms with E-state index in [1.807, 2.05) is 36.1 Å². The van der Waals surface area contributed by atoms with Gasteiger partial charge in [-0.25, -0.2) is 4.98 Å². The summed E-state index contributed by atoms with van der Waals surface area (Å²) in [5.74, 6) is 0.102. The molecule has 2 aliphatic rings. The number of ether oxygens (including phenoxy) is 1. The molecule has 142 valence electrons. The highest BCUT2D eigenvalue weighted by Crippen LogP contribution is 2.33. The average Bonchev–Trinajstić information content (AvgIpc) is 3.27. The normalized spacial score (nSPS) is 23.0. The van der Waals surface area contributed by atoms with Crippen molar-refractivity contribution in [1.82, 2.24) is 9.88 Å². The smallest absolute Gasteiger partial charge is 0.266 e. The van der Waals surface area contributed by atoms with Crippen molar-refractivity contribution >= 4 is 34.6 Å². The summed E-state index contributed by atoms with van der Waals surface area (Å²) in [6, 6.07) is 7.31. The number of aromatic nitrogens is 1. The molecule has 2 aromatic rings. The molecule has 0 radical (unpaired) electrons. The second kappa shape index (κ2) is 7.70. The minimum absolute atomic E-state index is 0.0497. The molecule has 1 aliphatic carbocycles. The summed E-state index contributed by atoms with van der Waals surface area (Å²) in [6.07, 6.45) is 2.36. The number of benzene rings is 1. The fourth-order valence-electron chi connectivity index (χ4n) is 3.93. The van der Waals surface area contributed by atoms with E-state index in [4.69, 9.17) is 16.3 Å². The van der Waals surface area contributed by atoms with Crippen LogP contribution in [0.15, 0.2) is 24.3 Å². The molecule has 1 aromatic heterocycles. The molecule has 2 unspecified atom stereocenters. The van der Waals surface area contributed by atoms with Crippen molar-refractivity contribution < 1.29 is 14.3 Å². The SMILES string of the molecule is Cc1nc(-c2cccc(Cl)c2)sc1C(=O)N1CCOCC1C1CCCC1=O. The standard InChI is InChI=1S/C20H21ClN2O3S/c1-12-18(27-19(22-12)13-4-2-5-14(21)10-13)20(25)23-8-9-26-11-16(23)15-6-3-7-17(15)24/h2,4-5,10,15-16H,3,6-9,11H2,1H3. The third kappa shape index (κ3) is 3.66. The van der Waals surface area contributed by atoms with Crippen molar-refractivity contribution in [2.75, 3.05) is 19.8 Å². The maximum atomic E-state index is 13.3. The largest absolute Gasteiger partial charge is 0.377 e. The first-order valence-corrected chi connectivity index (χ1v) is 10.4. The molecule has 2 fully saturated rings. The number of aryl methyl sites for hydroxylation is 1. The summed E-state index contributed by atoms with van der Waals surface area (Å²) in [5, 5.41) is 1.42. The van der Waals surface area contributed by atoms with Gasteiger partial charge in [-0.1, -0.05) is 23.7 Å². The van der Waals surface area contributed by atoms with Crippen LogP contribution < -0.4 is 0 Å². The topological polar surface area (TPSA) is 59.5 Å². The van der Waals surface area contributed by atoms with Gasteiger partial charge in [0.2, 0.25) is 0 Å². The number of amides is 1. The molecular weight excluding hydrogens is 384 g/mol. The van der Waals surface area contributed by atoms with Crippen LogP contribution >= 0.6 is 22.9 Å². The lowest BCUT2D eigenvalue weighted by molar-refractivity contribution is -0.124. The maximum Gasteiger partial charge on any atom is 0.266 e. The number of nitrogens with zero attached hydrogens (tertiary/aromatic N) is 2. The van der Waals surface area contributed by atoms with Crippen molar-refractivity contribution in [2.45, 2.75) is 32.2 Å². The zero-order chi connectivity index (χ0) is 19.0. The molecule has 1 saturated carbocycles. The zero-order valence-corrected chi connectivity index (χ0v) is 16.7. The van der Waals surface area contributed by atoms with Crippen LogP contribution in [-0.2, 0) is 9.53 Å². The van der Waals surface area contributed by atoms with Crippen LogP contribution in [0, 0.1) is 12.8 Å². The van der Waals surface area contributed by atoms with Gasteiger partial charge in [-0.3, -0.25) is 9.59 Å². The summed E-state index contributed by atoms with van der Waals surface area (Å²) in [6.45, 7) is 3.30. The summed E-state index contributed by atoms with van der Waals surface area (Å²) in [7, 11) is 0. The van der Waals surface area contributed by atoms with E-state index in [0.717, 1.165) is 23.4 Å². The van der Waals surface area contributed by atoms with Crippen molar-refractivity contribution in [3.63, 3.8) is 0 Å². The van der Waals surface area contributed by atoms with Gasteiger partial charge >= 0.3 is 0 Å². The molecule has 4 rings (SSSR count). The quantitative estimate of drug-likeness (QED) is 0.776. The molecule has 0 spiro atoms. The fourth-order valence-corrected chi connectivity index (χ4v) is 5.14. The number of Topliss-reactive ketones (excluding diaryl/α,β-unsaturated/α-hetero) is 1. The predicted molar refractivity (Wildman–Crippen MR) is 105 cm³/mol. The lowest BCUT2D eigenvalue weighted by Crippen LogP contribution is -2.53. The highest BCUT2D eigenvalue weighted by Gasteiger charge is 2.40. The average molecular weight is 405 g/mol. The highest BCUT2D eigenvalue weighted by atomic mass is 35.5. The van der Waals surface area contributed by atoms with E-state index in [9.17, 15) is 9.59 Å². The van der Waals surface area contributed by atoms with Crippen molar-refractivity contribution in [3.8, 4) is 10.6 Å². The van der Waals surface area contributed by atoms with Crippen LogP contribution in [-0.4, -0.2) is 47.4 Å². The van der Waals surface area contributed by atoms with Gasteiger partial charge < -0.3 is 9.64 Å². The van der Waals surface area contributed by atoms with Gasteiger partial charge in [0.25, 0.3) is 5.91 Å². The Morgan fingerprint density at radius 3 is 3.00 bits per heavy atom. The van der Waals surface area contributed by atoms with E-state index < -0.39 is 0 Å². The van der Waals surface area contributed by atoms with Crippen molar-refractivity contribution in [2.24, 2.45) is 5.92 Å². The lowest BCUT2D eigenvalue weighted by Gasteiger charge is -2.38. The Kier molecular flexibility index (Phi) is 5.30. The van der Waals surface area contributed by atoms with E-state index in [2.05, 4.69) is 4.98 Å². The molecule has 2 heterocycles. The van der Waals surface area contributed by atoms with Gasteiger partial charge in [0, 0.05) is 29.5 Å². The third-order valence-electron chi connectivity index (χ3n) is 5.31. The fraction of sp³-hybridized carbons (Fsp3) is 0.450. The molecule has 7 heteroatoms. The zero-order valence-electron chi connectivity index (χ0n) is 15.1. The minimum Gasteiger partial charge on any atom is -0.377 e. The number of ketones is 1. The highest BCUT2D eigenvalue weighted by molar-refractivity contribution is 7.17. The van der Waals surface area contributed by atoms with Crippen molar-refractivity contribution in [1.29, 1.82) is 0 Å². The first-order valence-electron chi connectivity index (χ1n) is 9.19. The summed E-state index contributed by atoms with van der Waals surface area (Å²) in [5.41, 5.74) is 1.61. The minimum atomic E-state index is -0.169. The van der Waals surface area contributed by atoms with Crippen LogP contribution in [0.4, 0.5) is 0 Å². The second-order valence-corrected chi connectivity index (χ2v) is 8.49. The van der Waals surface area contributed by atoms with Gasteiger partial charge in [0.1, 0.15) is 15.7 Å². The molecule has 1 saturated heterocycles. The Morgan fingerprint density at radius 2 is 2.26 bits per heavy atom. The van der Waals surface area contributed by atoms with Gasteiger partial charge in [-0.2, -0.15) is 0 Å². The van der Waals surface area contributed by atoms with Crippen LogP contribution in [0.3, 0.4) is 0 Å². The number of halogens is 1. The summed E-state index contributed by atoms with van der Waals surface area (Å²) < 4.78 is 5.60. The Morgan fingerprint density at radius 1 is 1.41 bits per heavy atom. The van der Waals surface area contributed by atoms with Crippen LogP contribution in [0.5, 0.6) is 0 Å². The van der Waals surface area contributed by atoms with E-state index in [1.54, 1.807) is 0 Å². The molecule has 0 bridgehead atoms. The Balaban J connectivity index is 1.62. The number of hydrogen-bond donors (Lipinski definition) is 0. The number of rotatable bonds is 3. The molecule has 1 amide bonds. The van der Waals surface area contributed by atoms with E-state index >= 15 is 0 Å². The lowest BCUT2D eigenvalue weighted by atomic mass is 9.95. The maximum absolute atomic E-state index is 13.3. The summed E-state index contributed by atoms with van der Waals surface area (Å²) >= 11 is 7.47. The molecule has 1 aliphatic heterocycles. The number of carbonyl (C=O) groups excluding carboxylic acids is 2. The monoisotopic (exact) mass is 404 g/mol. The molecule has 2 atom stereocenters. The Hall–Kier alpha value is -1.76.